The molecule has 5 nitrogen and oxygen atoms in total. The number of halogens is 3. The molecule has 0 aromatic carbocycles. The van der Waals surface area contributed by atoms with Crippen LogP contribution >= 0.6 is 0 Å². The number of alkyl halides is 3. The number of carbonyl (C=O) groups excluding carboxylic acids is 1. The third kappa shape index (κ3) is 4.09. The summed E-state index contributed by atoms with van der Waals surface area (Å²) >= 11 is 0. The Morgan fingerprint density at radius 1 is 1.45 bits per heavy atom. The molecule has 0 spiro atoms. The molecular formula is C12H17F3N4O. The van der Waals surface area contributed by atoms with Gasteiger partial charge in [0, 0.05) is 25.7 Å². The fourth-order valence-corrected chi connectivity index (χ4v) is 1.67. The number of amides is 1. The van der Waals surface area contributed by atoms with E-state index in [4.69, 9.17) is 5.73 Å². The molecular weight excluding hydrogens is 273 g/mol. The predicted octanol–water partition coefficient (Wildman–Crippen LogP) is 1.13. The zero-order valence-electron chi connectivity index (χ0n) is 11.3. The van der Waals surface area contributed by atoms with Crippen molar-refractivity contribution in [1.29, 1.82) is 0 Å². The largest absolute Gasteiger partial charge is 0.433 e. The Labute approximate surface area is 115 Å². The summed E-state index contributed by atoms with van der Waals surface area (Å²) in [5.74, 6) is -0.231. The minimum Gasteiger partial charge on any atom is -0.355 e. The van der Waals surface area contributed by atoms with Crippen molar-refractivity contribution in [2.24, 2.45) is 5.73 Å². The summed E-state index contributed by atoms with van der Waals surface area (Å²) in [6, 6.07) is 2.16. The van der Waals surface area contributed by atoms with Gasteiger partial charge in [0.05, 0.1) is 6.54 Å². The third-order valence-corrected chi connectivity index (χ3v) is 2.58. The van der Waals surface area contributed by atoms with Gasteiger partial charge in [-0.25, -0.2) is 4.98 Å². The third-order valence-electron chi connectivity index (χ3n) is 2.58. The van der Waals surface area contributed by atoms with Crippen LogP contribution in [-0.2, 0) is 17.5 Å². The van der Waals surface area contributed by atoms with Gasteiger partial charge >= 0.3 is 6.18 Å². The van der Waals surface area contributed by atoms with Gasteiger partial charge in [-0.2, -0.15) is 13.2 Å². The fourth-order valence-electron chi connectivity index (χ4n) is 1.67. The Kier molecular flexibility index (Phi) is 5.32. The minimum atomic E-state index is -4.53. The average molecular weight is 290 g/mol. The van der Waals surface area contributed by atoms with E-state index < -0.39 is 11.9 Å². The zero-order valence-corrected chi connectivity index (χ0v) is 11.3. The molecule has 1 aromatic heterocycles. The van der Waals surface area contributed by atoms with Gasteiger partial charge in [-0.05, 0) is 13.0 Å². The first kappa shape index (κ1) is 16.2. The van der Waals surface area contributed by atoms with Gasteiger partial charge in [0.25, 0.3) is 0 Å². The summed E-state index contributed by atoms with van der Waals surface area (Å²) in [5.41, 5.74) is 4.93. The zero-order chi connectivity index (χ0) is 15.3. The molecule has 0 atom stereocenters. The van der Waals surface area contributed by atoms with Crippen LogP contribution in [0.15, 0.2) is 12.1 Å². The number of aromatic nitrogens is 1. The smallest absolute Gasteiger partial charge is 0.355 e. The highest BCUT2D eigenvalue weighted by atomic mass is 19.4. The van der Waals surface area contributed by atoms with Crippen LogP contribution in [0.3, 0.4) is 0 Å². The lowest BCUT2D eigenvalue weighted by molar-refractivity contribution is -0.141. The highest BCUT2D eigenvalue weighted by Crippen LogP contribution is 2.30. The van der Waals surface area contributed by atoms with Crippen molar-refractivity contribution >= 4 is 11.7 Å². The van der Waals surface area contributed by atoms with E-state index in [2.05, 4.69) is 10.3 Å². The molecule has 0 radical (unpaired) electrons. The highest BCUT2D eigenvalue weighted by molar-refractivity contribution is 5.81. The molecule has 1 heterocycles. The summed E-state index contributed by atoms with van der Waals surface area (Å²) in [5, 5.41) is 2.57. The average Bonchev–Trinajstić information content (AvgIpc) is 2.37. The standard InChI is InChI=1S/C12H17F3N4O/c1-3-17-10(20)7-19(2)11-8(6-16)4-5-9(18-11)12(13,14)15/h4-5H,3,6-7,16H2,1-2H3,(H,17,20). The maximum absolute atomic E-state index is 12.7. The number of hydrogen-bond acceptors (Lipinski definition) is 4. The second-order valence-corrected chi connectivity index (χ2v) is 4.19. The molecule has 112 valence electrons. The van der Waals surface area contributed by atoms with Crippen molar-refractivity contribution < 1.29 is 18.0 Å². The van der Waals surface area contributed by atoms with Crippen LogP contribution in [0.1, 0.15) is 18.2 Å². The molecule has 0 saturated heterocycles. The Bertz CT molecular complexity index is 476. The van der Waals surface area contributed by atoms with Gasteiger partial charge in [0.2, 0.25) is 5.91 Å². The molecule has 0 aliphatic rings. The minimum absolute atomic E-state index is 0.0419. The van der Waals surface area contributed by atoms with E-state index in [1.807, 2.05) is 0 Å². The van der Waals surface area contributed by atoms with E-state index in [9.17, 15) is 18.0 Å². The van der Waals surface area contributed by atoms with Crippen molar-refractivity contribution in [1.82, 2.24) is 10.3 Å². The maximum atomic E-state index is 12.7. The summed E-state index contributed by atoms with van der Waals surface area (Å²) < 4.78 is 38.0. The predicted molar refractivity (Wildman–Crippen MR) is 69.1 cm³/mol. The molecule has 1 rings (SSSR count). The summed E-state index contributed by atoms with van der Waals surface area (Å²) in [6.07, 6.45) is -4.53. The van der Waals surface area contributed by atoms with Crippen LogP contribution in [0.5, 0.6) is 0 Å². The number of nitrogens with one attached hydrogen (secondary N) is 1. The monoisotopic (exact) mass is 290 g/mol. The highest BCUT2D eigenvalue weighted by Gasteiger charge is 2.33. The lowest BCUT2D eigenvalue weighted by Gasteiger charge is -2.21. The number of carbonyl (C=O) groups is 1. The second kappa shape index (κ2) is 6.56. The summed E-state index contributed by atoms with van der Waals surface area (Å²) in [4.78, 5) is 16.4. The molecule has 0 aliphatic carbocycles. The number of nitrogens with zero attached hydrogens (tertiary/aromatic N) is 2. The Hall–Kier alpha value is -1.83. The first-order valence-corrected chi connectivity index (χ1v) is 6.04. The molecule has 0 bridgehead atoms. The normalized spacial score (nSPS) is 11.3. The fraction of sp³-hybridized carbons (Fsp3) is 0.500. The molecule has 0 saturated carbocycles. The van der Waals surface area contributed by atoms with Crippen molar-refractivity contribution in [3.05, 3.63) is 23.4 Å². The summed E-state index contributed by atoms with van der Waals surface area (Å²) in [6.45, 7) is 2.16. The number of likely N-dealkylation sites (N-methyl/N-ethyl adjacent to an activating group) is 2. The number of rotatable bonds is 5. The Morgan fingerprint density at radius 3 is 2.60 bits per heavy atom. The number of hydrogen-bond donors (Lipinski definition) is 2. The molecule has 8 heteroatoms. The maximum Gasteiger partial charge on any atom is 0.433 e. The van der Waals surface area contributed by atoms with Crippen molar-refractivity contribution in [2.75, 3.05) is 25.0 Å². The number of anilines is 1. The molecule has 0 aliphatic heterocycles. The van der Waals surface area contributed by atoms with Gasteiger partial charge in [-0.3, -0.25) is 4.79 Å². The van der Waals surface area contributed by atoms with Crippen LogP contribution < -0.4 is 16.0 Å². The SMILES string of the molecule is CCNC(=O)CN(C)c1nc(C(F)(F)F)ccc1CN. The van der Waals surface area contributed by atoms with Crippen LogP contribution in [0.4, 0.5) is 19.0 Å². The van der Waals surface area contributed by atoms with Crippen molar-refractivity contribution in [2.45, 2.75) is 19.6 Å². The van der Waals surface area contributed by atoms with Crippen molar-refractivity contribution in [3.8, 4) is 0 Å². The molecule has 20 heavy (non-hydrogen) atoms. The quantitative estimate of drug-likeness (QED) is 0.853. The lowest BCUT2D eigenvalue weighted by Crippen LogP contribution is -2.36. The second-order valence-electron chi connectivity index (χ2n) is 4.19. The molecule has 1 amide bonds. The first-order chi connectivity index (χ1) is 9.29. The van der Waals surface area contributed by atoms with E-state index >= 15 is 0 Å². The van der Waals surface area contributed by atoms with Crippen molar-refractivity contribution in [3.63, 3.8) is 0 Å². The van der Waals surface area contributed by atoms with Gasteiger partial charge in [0.15, 0.2) is 0 Å². The van der Waals surface area contributed by atoms with Gasteiger partial charge in [0.1, 0.15) is 11.5 Å². The van der Waals surface area contributed by atoms with E-state index in [0.29, 0.717) is 12.1 Å². The van der Waals surface area contributed by atoms with Crippen LogP contribution in [0.2, 0.25) is 0 Å². The van der Waals surface area contributed by atoms with E-state index in [0.717, 1.165) is 6.07 Å². The number of pyridine rings is 1. The lowest BCUT2D eigenvalue weighted by atomic mass is 10.2. The number of nitrogens with two attached hydrogens (primary N) is 1. The van der Waals surface area contributed by atoms with Gasteiger partial charge in [-0.15, -0.1) is 0 Å². The van der Waals surface area contributed by atoms with Crippen LogP contribution in [0.25, 0.3) is 0 Å². The van der Waals surface area contributed by atoms with Crippen LogP contribution in [0, 0.1) is 0 Å². The topological polar surface area (TPSA) is 71.2 Å². The molecule has 1 aromatic rings. The van der Waals surface area contributed by atoms with E-state index in [1.54, 1.807) is 6.92 Å². The molecule has 3 N–H and O–H groups in total. The Balaban J connectivity index is 3.04. The van der Waals surface area contributed by atoms with Gasteiger partial charge < -0.3 is 16.0 Å². The molecule has 0 fully saturated rings. The Morgan fingerprint density at radius 2 is 2.10 bits per heavy atom. The van der Waals surface area contributed by atoms with Gasteiger partial charge in [-0.1, -0.05) is 6.07 Å². The van der Waals surface area contributed by atoms with E-state index in [1.165, 1.54) is 18.0 Å². The summed E-state index contributed by atoms with van der Waals surface area (Å²) in [7, 11) is 1.50. The van der Waals surface area contributed by atoms with Crippen LogP contribution in [-0.4, -0.2) is 31.0 Å². The van der Waals surface area contributed by atoms with E-state index in [-0.39, 0.29) is 24.8 Å². The molecule has 0 unspecified atom stereocenters. The first-order valence-electron chi connectivity index (χ1n) is 6.04.